The van der Waals surface area contributed by atoms with Crippen LogP contribution in [0.25, 0.3) is 10.1 Å². The van der Waals surface area contributed by atoms with Crippen molar-refractivity contribution in [3.05, 3.63) is 28.9 Å². The molecule has 56 valence electrons. The SMILES string of the molecule is Cc1cc2ccnc(C)c2s1. The van der Waals surface area contributed by atoms with Gasteiger partial charge in [0, 0.05) is 11.1 Å². The lowest BCUT2D eigenvalue weighted by molar-refractivity contribution is 1.24. The van der Waals surface area contributed by atoms with Crippen molar-refractivity contribution < 1.29 is 0 Å². The van der Waals surface area contributed by atoms with Crippen LogP contribution >= 0.6 is 11.3 Å². The maximum Gasteiger partial charge on any atom is 0.0558 e. The first kappa shape index (κ1) is 6.80. The third kappa shape index (κ3) is 1.03. The van der Waals surface area contributed by atoms with Gasteiger partial charge in [-0.1, -0.05) is 0 Å². The monoisotopic (exact) mass is 163 g/mol. The van der Waals surface area contributed by atoms with E-state index < -0.39 is 0 Å². The summed E-state index contributed by atoms with van der Waals surface area (Å²) in [6.45, 7) is 4.18. The van der Waals surface area contributed by atoms with Gasteiger partial charge in [-0.3, -0.25) is 4.98 Å². The average molecular weight is 163 g/mol. The zero-order valence-electron chi connectivity index (χ0n) is 6.59. The molecule has 0 aromatic carbocycles. The smallest absolute Gasteiger partial charge is 0.0558 e. The Bertz CT molecular complexity index is 389. The van der Waals surface area contributed by atoms with Gasteiger partial charge in [0.25, 0.3) is 0 Å². The van der Waals surface area contributed by atoms with Crippen LogP contribution in [0.15, 0.2) is 18.3 Å². The van der Waals surface area contributed by atoms with Crippen LogP contribution in [0.1, 0.15) is 10.6 Å². The molecular formula is C9H9NS. The predicted octanol–water partition coefficient (Wildman–Crippen LogP) is 2.91. The Hall–Kier alpha value is -0.890. The van der Waals surface area contributed by atoms with E-state index in [9.17, 15) is 0 Å². The first-order valence-electron chi connectivity index (χ1n) is 3.59. The van der Waals surface area contributed by atoms with E-state index in [0.717, 1.165) is 5.69 Å². The van der Waals surface area contributed by atoms with Crippen LogP contribution in [0.5, 0.6) is 0 Å². The van der Waals surface area contributed by atoms with Crippen LogP contribution < -0.4 is 0 Å². The molecule has 11 heavy (non-hydrogen) atoms. The van der Waals surface area contributed by atoms with Gasteiger partial charge in [0.15, 0.2) is 0 Å². The summed E-state index contributed by atoms with van der Waals surface area (Å²) in [4.78, 5) is 5.59. The first-order chi connectivity index (χ1) is 5.27. The second kappa shape index (κ2) is 2.31. The minimum Gasteiger partial charge on any atom is -0.260 e. The molecular weight excluding hydrogens is 154 g/mol. The van der Waals surface area contributed by atoms with Gasteiger partial charge in [0.2, 0.25) is 0 Å². The molecule has 2 heteroatoms. The first-order valence-corrected chi connectivity index (χ1v) is 4.41. The molecule has 1 nitrogen and oxygen atoms in total. The summed E-state index contributed by atoms with van der Waals surface area (Å²) in [5.74, 6) is 0. The minimum atomic E-state index is 1.14. The van der Waals surface area contributed by atoms with Crippen LogP contribution in [0, 0.1) is 13.8 Å². The molecule has 0 radical (unpaired) electrons. The normalized spacial score (nSPS) is 10.7. The zero-order valence-corrected chi connectivity index (χ0v) is 7.40. The van der Waals surface area contributed by atoms with Crippen molar-refractivity contribution in [1.82, 2.24) is 4.98 Å². The highest BCUT2D eigenvalue weighted by molar-refractivity contribution is 7.19. The summed E-state index contributed by atoms with van der Waals surface area (Å²) >= 11 is 1.82. The lowest BCUT2D eigenvalue weighted by Crippen LogP contribution is -1.76. The van der Waals surface area contributed by atoms with Gasteiger partial charge < -0.3 is 0 Å². The van der Waals surface area contributed by atoms with Crippen LogP contribution in [0.4, 0.5) is 0 Å². The Labute approximate surface area is 69.7 Å². The number of aryl methyl sites for hydroxylation is 2. The third-order valence-corrected chi connectivity index (χ3v) is 2.91. The fourth-order valence-corrected chi connectivity index (χ4v) is 2.18. The minimum absolute atomic E-state index is 1.14. The second-order valence-electron chi connectivity index (χ2n) is 2.67. The Kier molecular flexibility index (Phi) is 1.43. The number of rotatable bonds is 0. The third-order valence-electron chi connectivity index (χ3n) is 1.73. The molecule has 0 fully saturated rings. The van der Waals surface area contributed by atoms with E-state index in [1.807, 2.05) is 17.5 Å². The van der Waals surface area contributed by atoms with Gasteiger partial charge in [-0.05, 0) is 31.4 Å². The van der Waals surface area contributed by atoms with Gasteiger partial charge in [-0.2, -0.15) is 0 Å². The Morgan fingerprint density at radius 2 is 2.18 bits per heavy atom. The lowest BCUT2D eigenvalue weighted by Gasteiger charge is -1.90. The van der Waals surface area contributed by atoms with Crippen molar-refractivity contribution in [2.75, 3.05) is 0 Å². The van der Waals surface area contributed by atoms with Crippen molar-refractivity contribution in [2.45, 2.75) is 13.8 Å². The number of aromatic nitrogens is 1. The number of pyridine rings is 1. The van der Waals surface area contributed by atoms with Crippen LogP contribution in [0.2, 0.25) is 0 Å². The molecule has 0 aliphatic carbocycles. The van der Waals surface area contributed by atoms with Gasteiger partial charge in [0.05, 0.1) is 10.4 Å². The highest BCUT2D eigenvalue weighted by Crippen LogP contribution is 2.25. The number of thiophene rings is 1. The number of nitrogens with zero attached hydrogens (tertiary/aromatic N) is 1. The van der Waals surface area contributed by atoms with E-state index in [-0.39, 0.29) is 0 Å². The molecule has 0 unspecified atom stereocenters. The van der Waals surface area contributed by atoms with Crippen LogP contribution in [-0.4, -0.2) is 4.98 Å². The van der Waals surface area contributed by atoms with Crippen molar-refractivity contribution >= 4 is 21.4 Å². The molecule has 0 aliphatic heterocycles. The zero-order chi connectivity index (χ0) is 7.84. The maximum absolute atomic E-state index is 4.23. The number of fused-ring (bicyclic) bond motifs is 1. The molecule has 0 amide bonds. The molecule has 0 N–H and O–H groups in total. The molecule has 0 saturated heterocycles. The number of hydrogen-bond acceptors (Lipinski definition) is 2. The van der Waals surface area contributed by atoms with E-state index in [0.29, 0.717) is 0 Å². The Balaban J connectivity index is 2.90. The summed E-state index contributed by atoms with van der Waals surface area (Å²) in [7, 11) is 0. The highest BCUT2D eigenvalue weighted by atomic mass is 32.1. The Morgan fingerprint density at radius 1 is 1.36 bits per heavy atom. The van der Waals surface area contributed by atoms with E-state index >= 15 is 0 Å². The number of hydrogen-bond donors (Lipinski definition) is 0. The van der Waals surface area contributed by atoms with Crippen molar-refractivity contribution in [3.8, 4) is 0 Å². The molecule has 2 rings (SSSR count). The van der Waals surface area contributed by atoms with Crippen molar-refractivity contribution in [3.63, 3.8) is 0 Å². The topological polar surface area (TPSA) is 12.9 Å². The van der Waals surface area contributed by atoms with E-state index in [1.54, 1.807) is 0 Å². The van der Waals surface area contributed by atoms with Crippen LogP contribution in [0.3, 0.4) is 0 Å². The maximum atomic E-state index is 4.23. The molecule has 0 bridgehead atoms. The predicted molar refractivity (Wildman–Crippen MR) is 49.1 cm³/mol. The molecule has 0 atom stereocenters. The largest absolute Gasteiger partial charge is 0.260 e. The van der Waals surface area contributed by atoms with E-state index in [4.69, 9.17) is 0 Å². The molecule has 0 saturated carbocycles. The van der Waals surface area contributed by atoms with Gasteiger partial charge in [-0.15, -0.1) is 11.3 Å². The molecule has 2 aromatic rings. The summed E-state index contributed by atoms with van der Waals surface area (Å²) in [6.07, 6.45) is 1.86. The summed E-state index contributed by atoms with van der Waals surface area (Å²) in [5, 5.41) is 1.32. The Morgan fingerprint density at radius 3 is 2.91 bits per heavy atom. The van der Waals surface area contributed by atoms with E-state index in [2.05, 4.69) is 31.0 Å². The lowest BCUT2D eigenvalue weighted by atomic mass is 10.3. The van der Waals surface area contributed by atoms with Gasteiger partial charge in [-0.25, -0.2) is 0 Å². The second-order valence-corrected chi connectivity index (χ2v) is 3.93. The van der Waals surface area contributed by atoms with Gasteiger partial charge in [0.1, 0.15) is 0 Å². The fourth-order valence-electron chi connectivity index (χ4n) is 1.23. The van der Waals surface area contributed by atoms with Gasteiger partial charge >= 0.3 is 0 Å². The summed E-state index contributed by atoms with van der Waals surface area (Å²) < 4.78 is 1.32. The van der Waals surface area contributed by atoms with Crippen molar-refractivity contribution in [2.24, 2.45) is 0 Å². The van der Waals surface area contributed by atoms with Crippen LogP contribution in [-0.2, 0) is 0 Å². The molecule has 2 aromatic heterocycles. The van der Waals surface area contributed by atoms with Crippen molar-refractivity contribution in [1.29, 1.82) is 0 Å². The summed E-state index contributed by atoms with van der Waals surface area (Å²) in [6, 6.07) is 4.26. The summed E-state index contributed by atoms with van der Waals surface area (Å²) in [5.41, 5.74) is 1.14. The standard InChI is InChI=1S/C9H9NS/c1-6-5-8-3-4-10-7(2)9(8)11-6/h3-5H,1-2H3. The quantitative estimate of drug-likeness (QED) is 0.582. The van der Waals surface area contributed by atoms with E-state index in [1.165, 1.54) is 15.0 Å². The molecule has 0 spiro atoms. The highest BCUT2D eigenvalue weighted by Gasteiger charge is 1.99. The molecule has 0 aliphatic rings. The average Bonchev–Trinajstić information content (AvgIpc) is 2.31. The molecule has 2 heterocycles. The fraction of sp³-hybridized carbons (Fsp3) is 0.222.